The summed E-state index contributed by atoms with van der Waals surface area (Å²) in [5.74, 6) is 0. The van der Waals surface area contributed by atoms with E-state index in [0.29, 0.717) is 6.04 Å². The maximum Gasteiger partial charge on any atom is 0.0622 e. The van der Waals surface area contributed by atoms with Gasteiger partial charge in [0.15, 0.2) is 0 Å². The van der Waals surface area contributed by atoms with Crippen molar-refractivity contribution in [1.82, 2.24) is 4.90 Å². The molecule has 1 unspecified atom stereocenters. The lowest BCUT2D eigenvalue weighted by molar-refractivity contribution is -0.0135. The SMILES string of the molecule is CCC1COCCN1CCC1(N)CCC1. The van der Waals surface area contributed by atoms with Crippen LogP contribution in [-0.4, -0.2) is 42.8 Å². The average molecular weight is 212 g/mol. The second kappa shape index (κ2) is 4.81. The molecule has 2 rings (SSSR count). The fourth-order valence-electron chi connectivity index (χ4n) is 2.61. The van der Waals surface area contributed by atoms with Crippen LogP contribution in [0.4, 0.5) is 0 Å². The first-order valence-electron chi connectivity index (χ1n) is 6.34. The maximum absolute atomic E-state index is 6.25. The van der Waals surface area contributed by atoms with E-state index >= 15 is 0 Å². The van der Waals surface area contributed by atoms with E-state index in [0.717, 1.165) is 19.8 Å². The van der Waals surface area contributed by atoms with Gasteiger partial charge in [0.1, 0.15) is 0 Å². The van der Waals surface area contributed by atoms with Crippen LogP contribution >= 0.6 is 0 Å². The summed E-state index contributed by atoms with van der Waals surface area (Å²) in [4.78, 5) is 2.57. The Bertz CT molecular complexity index is 204. The number of nitrogens with zero attached hydrogens (tertiary/aromatic N) is 1. The van der Waals surface area contributed by atoms with E-state index in [4.69, 9.17) is 10.5 Å². The predicted molar refractivity (Wildman–Crippen MR) is 61.9 cm³/mol. The summed E-state index contributed by atoms with van der Waals surface area (Å²) in [5, 5.41) is 0. The minimum atomic E-state index is 0.177. The summed E-state index contributed by atoms with van der Waals surface area (Å²) in [6.45, 7) is 6.31. The van der Waals surface area contributed by atoms with Crippen LogP contribution in [-0.2, 0) is 4.74 Å². The third-order valence-electron chi connectivity index (χ3n) is 4.07. The summed E-state index contributed by atoms with van der Waals surface area (Å²) < 4.78 is 5.50. The van der Waals surface area contributed by atoms with Crippen LogP contribution in [0, 0.1) is 0 Å². The highest BCUT2D eigenvalue weighted by atomic mass is 16.5. The van der Waals surface area contributed by atoms with Crippen molar-refractivity contribution >= 4 is 0 Å². The molecule has 1 aliphatic carbocycles. The highest BCUT2D eigenvalue weighted by molar-refractivity contribution is 4.93. The van der Waals surface area contributed by atoms with Gasteiger partial charge in [0, 0.05) is 24.7 Å². The Kier molecular flexibility index (Phi) is 3.65. The van der Waals surface area contributed by atoms with Crippen molar-refractivity contribution in [2.45, 2.75) is 50.6 Å². The van der Waals surface area contributed by atoms with Gasteiger partial charge in [-0.1, -0.05) is 6.92 Å². The van der Waals surface area contributed by atoms with E-state index in [9.17, 15) is 0 Å². The van der Waals surface area contributed by atoms with Gasteiger partial charge in [-0.3, -0.25) is 4.90 Å². The second-order valence-corrected chi connectivity index (χ2v) is 5.14. The summed E-state index contributed by atoms with van der Waals surface area (Å²) >= 11 is 0. The topological polar surface area (TPSA) is 38.5 Å². The highest BCUT2D eigenvalue weighted by Crippen LogP contribution is 2.32. The Morgan fingerprint density at radius 1 is 1.47 bits per heavy atom. The number of ether oxygens (including phenoxy) is 1. The first-order chi connectivity index (χ1) is 7.23. The largest absolute Gasteiger partial charge is 0.378 e. The molecule has 0 aromatic rings. The molecule has 1 aliphatic heterocycles. The molecule has 0 bridgehead atoms. The third kappa shape index (κ3) is 2.71. The fourth-order valence-corrected chi connectivity index (χ4v) is 2.61. The molecular weight excluding hydrogens is 188 g/mol. The van der Waals surface area contributed by atoms with Crippen molar-refractivity contribution in [1.29, 1.82) is 0 Å². The predicted octanol–water partition coefficient (Wildman–Crippen LogP) is 1.37. The standard InChI is InChI=1S/C12H24N2O/c1-2-11-10-15-9-8-14(11)7-6-12(13)4-3-5-12/h11H,2-10,13H2,1H3. The van der Waals surface area contributed by atoms with Gasteiger partial charge in [-0.2, -0.15) is 0 Å². The van der Waals surface area contributed by atoms with Crippen molar-refractivity contribution in [2.75, 3.05) is 26.3 Å². The monoisotopic (exact) mass is 212 g/mol. The Labute approximate surface area is 93.0 Å². The van der Waals surface area contributed by atoms with Gasteiger partial charge in [-0.15, -0.1) is 0 Å². The number of morpholine rings is 1. The maximum atomic E-state index is 6.25. The van der Waals surface area contributed by atoms with Gasteiger partial charge in [0.05, 0.1) is 13.2 Å². The number of hydrogen-bond acceptors (Lipinski definition) is 3. The fraction of sp³-hybridized carbons (Fsp3) is 1.00. The number of hydrogen-bond donors (Lipinski definition) is 1. The van der Waals surface area contributed by atoms with Crippen LogP contribution in [0.25, 0.3) is 0 Å². The Morgan fingerprint density at radius 3 is 2.87 bits per heavy atom. The van der Waals surface area contributed by atoms with Crippen LogP contribution in [0.5, 0.6) is 0 Å². The molecular formula is C12H24N2O. The van der Waals surface area contributed by atoms with Crippen LogP contribution in [0.3, 0.4) is 0 Å². The molecule has 3 nitrogen and oxygen atoms in total. The molecule has 0 radical (unpaired) electrons. The minimum absolute atomic E-state index is 0.177. The molecule has 1 atom stereocenters. The summed E-state index contributed by atoms with van der Waals surface area (Å²) in [6, 6.07) is 0.627. The molecule has 0 aromatic heterocycles. The van der Waals surface area contributed by atoms with Gasteiger partial charge in [-0.05, 0) is 32.1 Å². The molecule has 88 valence electrons. The lowest BCUT2D eigenvalue weighted by Crippen LogP contribution is -2.52. The van der Waals surface area contributed by atoms with E-state index in [-0.39, 0.29) is 5.54 Å². The summed E-state index contributed by atoms with van der Waals surface area (Å²) in [7, 11) is 0. The molecule has 15 heavy (non-hydrogen) atoms. The zero-order valence-electron chi connectivity index (χ0n) is 9.87. The molecule has 0 aromatic carbocycles. The third-order valence-corrected chi connectivity index (χ3v) is 4.07. The number of rotatable bonds is 4. The van der Waals surface area contributed by atoms with Crippen molar-refractivity contribution in [3.05, 3.63) is 0 Å². The molecule has 2 aliphatic rings. The molecule has 3 heteroatoms. The van der Waals surface area contributed by atoms with Crippen molar-refractivity contribution in [3.8, 4) is 0 Å². The smallest absolute Gasteiger partial charge is 0.0622 e. The highest BCUT2D eigenvalue weighted by Gasteiger charge is 2.33. The zero-order chi connectivity index (χ0) is 10.7. The van der Waals surface area contributed by atoms with E-state index < -0.39 is 0 Å². The van der Waals surface area contributed by atoms with Gasteiger partial charge >= 0.3 is 0 Å². The van der Waals surface area contributed by atoms with Gasteiger partial charge in [-0.25, -0.2) is 0 Å². The van der Waals surface area contributed by atoms with Crippen molar-refractivity contribution in [2.24, 2.45) is 5.73 Å². The van der Waals surface area contributed by atoms with Crippen molar-refractivity contribution < 1.29 is 4.74 Å². The Balaban J connectivity index is 1.76. The molecule has 1 saturated carbocycles. The van der Waals surface area contributed by atoms with E-state index in [1.807, 2.05) is 0 Å². The van der Waals surface area contributed by atoms with Crippen molar-refractivity contribution in [3.63, 3.8) is 0 Å². The molecule has 2 fully saturated rings. The van der Waals surface area contributed by atoms with Crippen LogP contribution in [0.2, 0.25) is 0 Å². The second-order valence-electron chi connectivity index (χ2n) is 5.14. The average Bonchev–Trinajstić information content (AvgIpc) is 2.24. The minimum Gasteiger partial charge on any atom is -0.378 e. The molecule has 1 saturated heterocycles. The first-order valence-corrected chi connectivity index (χ1v) is 6.34. The lowest BCUT2D eigenvalue weighted by atomic mass is 9.75. The summed E-state index contributed by atoms with van der Waals surface area (Å²) in [6.07, 6.45) is 6.15. The molecule has 0 amide bonds. The van der Waals surface area contributed by atoms with Gasteiger partial charge in [0.2, 0.25) is 0 Å². The normalized spacial score (nSPS) is 31.2. The molecule has 2 N–H and O–H groups in total. The van der Waals surface area contributed by atoms with Crippen LogP contribution in [0.15, 0.2) is 0 Å². The van der Waals surface area contributed by atoms with Crippen LogP contribution in [0.1, 0.15) is 39.0 Å². The van der Waals surface area contributed by atoms with Gasteiger partial charge < -0.3 is 10.5 Å². The van der Waals surface area contributed by atoms with E-state index in [1.165, 1.54) is 38.6 Å². The Morgan fingerprint density at radius 2 is 2.27 bits per heavy atom. The van der Waals surface area contributed by atoms with E-state index in [1.54, 1.807) is 0 Å². The Hall–Kier alpha value is -0.120. The molecule has 1 heterocycles. The van der Waals surface area contributed by atoms with Crippen LogP contribution < -0.4 is 5.73 Å². The zero-order valence-corrected chi connectivity index (χ0v) is 9.87. The van der Waals surface area contributed by atoms with E-state index in [2.05, 4.69) is 11.8 Å². The molecule has 0 spiro atoms. The van der Waals surface area contributed by atoms with Gasteiger partial charge in [0.25, 0.3) is 0 Å². The number of nitrogens with two attached hydrogens (primary N) is 1. The summed E-state index contributed by atoms with van der Waals surface area (Å²) in [5.41, 5.74) is 6.43. The first kappa shape index (κ1) is 11.4. The lowest BCUT2D eigenvalue weighted by Gasteiger charge is -2.42. The quantitative estimate of drug-likeness (QED) is 0.765.